The van der Waals surface area contributed by atoms with Gasteiger partial charge in [0.2, 0.25) is 0 Å². The number of ether oxygens (including phenoxy) is 2. The summed E-state index contributed by atoms with van der Waals surface area (Å²) in [7, 11) is 1.63. The molecule has 1 amide bonds. The molecule has 0 fully saturated rings. The molecule has 4 rings (SSSR count). The van der Waals surface area contributed by atoms with E-state index in [9.17, 15) is 9.59 Å². The van der Waals surface area contributed by atoms with Crippen LogP contribution in [0.4, 0.5) is 4.79 Å². The monoisotopic (exact) mass is 474 g/mol. The Labute approximate surface area is 204 Å². The van der Waals surface area contributed by atoms with Gasteiger partial charge in [0, 0.05) is 6.20 Å². The first-order valence-corrected chi connectivity index (χ1v) is 11.5. The minimum atomic E-state index is -0.643. The molecule has 0 unspecified atom stereocenters. The molecule has 35 heavy (non-hydrogen) atoms. The predicted octanol–water partition coefficient (Wildman–Crippen LogP) is 4.67. The Morgan fingerprint density at radius 2 is 1.83 bits per heavy atom. The van der Waals surface area contributed by atoms with Gasteiger partial charge in [-0.05, 0) is 75.6 Å². The van der Waals surface area contributed by atoms with Gasteiger partial charge in [0.25, 0.3) is 5.56 Å². The van der Waals surface area contributed by atoms with E-state index in [2.05, 4.69) is 5.32 Å². The summed E-state index contributed by atoms with van der Waals surface area (Å²) in [5, 5.41) is 7.55. The average molecular weight is 475 g/mol. The molecule has 0 aliphatic heterocycles. The van der Waals surface area contributed by atoms with E-state index in [1.54, 1.807) is 50.1 Å². The number of benzene rings is 2. The number of fused-ring (bicyclic) bond motifs is 1. The van der Waals surface area contributed by atoms with Crippen LogP contribution in [0.3, 0.4) is 0 Å². The minimum absolute atomic E-state index is 0.220. The van der Waals surface area contributed by atoms with Gasteiger partial charge in [-0.1, -0.05) is 30.3 Å². The topological polar surface area (TPSA) is 86.9 Å². The van der Waals surface area contributed by atoms with Gasteiger partial charge in [0.15, 0.2) is 5.82 Å². The minimum Gasteiger partial charge on any atom is -0.497 e. The zero-order chi connectivity index (χ0) is 25.2. The highest BCUT2D eigenvalue weighted by Gasteiger charge is 2.24. The molecule has 4 aromatic rings. The number of hydrogen-bond acceptors (Lipinski definition) is 5. The van der Waals surface area contributed by atoms with Crippen molar-refractivity contribution in [3.05, 3.63) is 94.2 Å². The van der Waals surface area contributed by atoms with Crippen LogP contribution in [0.15, 0.2) is 71.7 Å². The van der Waals surface area contributed by atoms with Crippen molar-refractivity contribution >= 4 is 11.6 Å². The van der Waals surface area contributed by atoms with Crippen molar-refractivity contribution in [3.63, 3.8) is 0 Å². The summed E-state index contributed by atoms with van der Waals surface area (Å²) >= 11 is 0. The average Bonchev–Trinajstić information content (AvgIpc) is 3.21. The third-order valence-electron chi connectivity index (χ3n) is 5.46. The molecule has 8 nitrogen and oxygen atoms in total. The second kappa shape index (κ2) is 9.66. The van der Waals surface area contributed by atoms with E-state index < -0.39 is 17.7 Å². The normalized spacial score (nSPS) is 12.4. The first-order valence-electron chi connectivity index (χ1n) is 11.5. The zero-order valence-electron chi connectivity index (χ0n) is 20.6. The molecule has 0 aliphatic carbocycles. The second-order valence-electron chi connectivity index (χ2n) is 9.36. The van der Waals surface area contributed by atoms with Crippen LogP contribution in [-0.4, -0.2) is 33.0 Å². The van der Waals surface area contributed by atoms with Gasteiger partial charge >= 0.3 is 6.09 Å². The number of rotatable bonds is 6. The van der Waals surface area contributed by atoms with Crippen LogP contribution in [-0.2, 0) is 11.2 Å². The molecule has 1 atom stereocenters. The van der Waals surface area contributed by atoms with E-state index in [0.717, 1.165) is 16.9 Å². The van der Waals surface area contributed by atoms with Crippen LogP contribution in [0.2, 0.25) is 0 Å². The Hall–Kier alpha value is -4.07. The molecule has 0 radical (unpaired) electrons. The van der Waals surface area contributed by atoms with Gasteiger partial charge in [-0.15, -0.1) is 0 Å². The van der Waals surface area contributed by atoms with E-state index >= 15 is 0 Å². The van der Waals surface area contributed by atoms with Crippen LogP contribution in [0.25, 0.3) is 11.2 Å². The second-order valence-corrected chi connectivity index (χ2v) is 9.36. The molecule has 182 valence electrons. The van der Waals surface area contributed by atoms with Gasteiger partial charge in [-0.25, -0.2) is 9.31 Å². The van der Waals surface area contributed by atoms with Crippen molar-refractivity contribution in [2.75, 3.05) is 7.11 Å². The van der Waals surface area contributed by atoms with Crippen LogP contribution < -0.4 is 15.6 Å². The van der Waals surface area contributed by atoms with Gasteiger partial charge < -0.3 is 14.8 Å². The third-order valence-corrected chi connectivity index (χ3v) is 5.46. The lowest BCUT2D eigenvalue weighted by atomic mass is 10.1. The molecule has 8 heteroatoms. The number of carbonyl (C=O) groups is 1. The number of aromatic nitrogens is 3. The van der Waals surface area contributed by atoms with Gasteiger partial charge in [0.1, 0.15) is 16.9 Å². The smallest absolute Gasteiger partial charge is 0.408 e. The molecule has 1 N–H and O–H groups in total. The molecule has 0 aliphatic rings. The van der Waals surface area contributed by atoms with Gasteiger partial charge in [-0.2, -0.15) is 5.10 Å². The highest BCUT2D eigenvalue weighted by atomic mass is 16.6. The molecule has 0 saturated heterocycles. The van der Waals surface area contributed by atoms with Crippen LogP contribution >= 0.6 is 0 Å². The molecule has 0 bridgehead atoms. The van der Waals surface area contributed by atoms with E-state index in [0.29, 0.717) is 23.4 Å². The van der Waals surface area contributed by atoms with E-state index in [1.807, 2.05) is 60.7 Å². The van der Waals surface area contributed by atoms with Crippen molar-refractivity contribution in [2.45, 2.75) is 45.8 Å². The third kappa shape index (κ3) is 5.37. The standard InChI is InChI=1S/C27H30N4O4/c1-18(28-26(33)35-27(2,3)4)24-29-30-15-14-20(16-19-10-9-13-22(17-19)34-5)23(30)25(32)31(24)21-11-7-6-8-12-21/h6-15,17-18H,16H2,1-5H3,(H,28,33)/t18-/m0/s1. The number of nitrogens with one attached hydrogen (secondary N) is 1. The Kier molecular flexibility index (Phi) is 6.64. The number of amides is 1. The summed E-state index contributed by atoms with van der Waals surface area (Å²) < 4.78 is 13.9. The Morgan fingerprint density at radius 1 is 1.09 bits per heavy atom. The summed E-state index contributed by atoms with van der Waals surface area (Å²) in [6, 6.07) is 18.3. The number of hydrogen-bond donors (Lipinski definition) is 1. The maximum absolute atomic E-state index is 13.9. The molecular weight excluding hydrogens is 444 g/mol. The lowest BCUT2D eigenvalue weighted by Crippen LogP contribution is -2.37. The quantitative estimate of drug-likeness (QED) is 0.439. The highest BCUT2D eigenvalue weighted by molar-refractivity contribution is 5.68. The maximum atomic E-state index is 13.9. The van der Waals surface area contributed by atoms with Crippen molar-refractivity contribution in [2.24, 2.45) is 0 Å². The molecule has 2 heterocycles. The molecule has 2 aromatic carbocycles. The van der Waals surface area contributed by atoms with Crippen molar-refractivity contribution in [1.82, 2.24) is 19.5 Å². The van der Waals surface area contributed by atoms with Crippen molar-refractivity contribution in [3.8, 4) is 11.4 Å². The maximum Gasteiger partial charge on any atom is 0.408 e. The molecule has 2 aromatic heterocycles. The molecule has 0 spiro atoms. The Balaban J connectivity index is 1.80. The number of nitrogens with zero attached hydrogens (tertiary/aromatic N) is 3. The fourth-order valence-corrected chi connectivity index (χ4v) is 3.95. The van der Waals surface area contributed by atoms with Crippen LogP contribution in [0, 0.1) is 0 Å². The van der Waals surface area contributed by atoms with Gasteiger partial charge in [-0.3, -0.25) is 9.36 Å². The van der Waals surface area contributed by atoms with E-state index in [-0.39, 0.29) is 5.56 Å². The first kappa shape index (κ1) is 24.1. The largest absolute Gasteiger partial charge is 0.497 e. The Bertz CT molecular complexity index is 1400. The van der Waals surface area contributed by atoms with Crippen LogP contribution in [0.1, 0.15) is 50.7 Å². The fourth-order valence-electron chi connectivity index (χ4n) is 3.95. The number of alkyl carbamates (subject to hydrolysis) is 1. The predicted molar refractivity (Wildman–Crippen MR) is 134 cm³/mol. The summed E-state index contributed by atoms with van der Waals surface area (Å²) in [6.45, 7) is 7.17. The molecular formula is C27H30N4O4. The lowest BCUT2D eigenvalue weighted by Gasteiger charge is -2.23. The number of carbonyl (C=O) groups excluding carboxylic acids is 1. The summed E-state index contributed by atoms with van der Waals surface area (Å²) in [5.41, 5.74) is 2.14. The van der Waals surface area contributed by atoms with Crippen molar-refractivity contribution in [1.29, 1.82) is 0 Å². The first-order chi connectivity index (χ1) is 16.7. The van der Waals surface area contributed by atoms with Crippen LogP contribution in [0.5, 0.6) is 5.75 Å². The van der Waals surface area contributed by atoms with Crippen molar-refractivity contribution < 1.29 is 14.3 Å². The Morgan fingerprint density at radius 3 is 2.51 bits per heavy atom. The SMILES string of the molecule is COc1cccc(Cc2ccn3nc([C@H](C)NC(=O)OC(C)(C)C)n(-c4ccccc4)c(=O)c23)c1. The molecule has 0 saturated carbocycles. The van der Waals surface area contributed by atoms with E-state index in [4.69, 9.17) is 14.6 Å². The zero-order valence-corrected chi connectivity index (χ0v) is 20.6. The number of methoxy groups -OCH3 is 1. The van der Waals surface area contributed by atoms with E-state index in [1.165, 1.54) is 0 Å². The van der Waals surface area contributed by atoms with Gasteiger partial charge in [0.05, 0.1) is 18.8 Å². The highest BCUT2D eigenvalue weighted by Crippen LogP contribution is 2.21. The fraction of sp³-hybridized carbons (Fsp3) is 0.296. The lowest BCUT2D eigenvalue weighted by molar-refractivity contribution is 0.0505. The summed E-state index contributed by atoms with van der Waals surface area (Å²) in [4.78, 5) is 26.3. The number of para-hydroxylation sites is 1. The summed E-state index contributed by atoms with van der Waals surface area (Å²) in [6.07, 6.45) is 1.74. The summed E-state index contributed by atoms with van der Waals surface area (Å²) in [5.74, 6) is 1.15.